The quantitative estimate of drug-likeness (QED) is 0.274. The van der Waals surface area contributed by atoms with Crippen LogP contribution in [0.1, 0.15) is 17.3 Å². The number of nitrogens with one attached hydrogen (secondary N) is 2. The summed E-state index contributed by atoms with van der Waals surface area (Å²) in [5.74, 6) is -5.73. The molecule has 0 saturated heterocycles. The molecule has 202 valence electrons. The number of benzene rings is 2. The molecule has 4 aromatic rings. The first-order chi connectivity index (χ1) is 17.8. The van der Waals surface area contributed by atoms with Crippen molar-refractivity contribution in [2.75, 3.05) is 18.2 Å². The third-order valence-electron chi connectivity index (χ3n) is 5.91. The number of nitrogens with zero attached hydrogens (tertiary/aromatic N) is 2. The maximum Gasteiger partial charge on any atom is 0.420 e. The van der Waals surface area contributed by atoms with E-state index < -0.39 is 61.5 Å². The Morgan fingerprint density at radius 3 is 2.50 bits per heavy atom. The third-order valence-corrected chi connectivity index (χ3v) is 7.54. The number of hydrogen-bond acceptors (Lipinski definition) is 7. The first-order valence-electron chi connectivity index (χ1n) is 10.9. The highest BCUT2D eigenvalue weighted by Gasteiger charge is 2.62. The van der Waals surface area contributed by atoms with E-state index in [4.69, 9.17) is 0 Å². The van der Waals surface area contributed by atoms with Crippen molar-refractivity contribution in [3.05, 3.63) is 77.8 Å². The minimum Gasteiger partial charge on any atom is -0.491 e. The number of methoxy groups -OCH3 is 1. The SMILES string of the molecule is COc1c(F)ccc(C(Nc2cccc3nc(C)ccc23)C(O)(CS(=O)(=O)c2ncc[nH]2)C(F)(F)F)c1F. The number of alkyl halides is 3. The number of ether oxygens (including phenoxy) is 1. The fourth-order valence-corrected chi connectivity index (χ4v) is 5.57. The number of H-pyrrole nitrogens is 1. The number of pyridine rings is 1. The second-order valence-electron chi connectivity index (χ2n) is 8.46. The highest BCUT2D eigenvalue weighted by molar-refractivity contribution is 7.91. The van der Waals surface area contributed by atoms with Gasteiger partial charge in [-0.3, -0.25) is 4.98 Å². The van der Waals surface area contributed by atoms with Crippen LogP contribution in [-0.2, 0) is 9.84 Å². The molecule has 0 radical (unpaired) electrons. The van der Waals surface area contributed by atoms with Crippen LogP contribution in [0.25, 0.3) is 10.9 Å². The maximum atomic E-state index is 15.4. The second kappa shape index (κ2) is 9.83. The molecular weight excluding hydrogens is 535 g/mol. The molecule has 38 heavy (non-hydrogen) atoms. The van der Waals surface area contributed by atoms with E-state index in [1.54, 1.807) is 25.1 Å². The zero-order valence-corrected chi connectivity index (χ0v) is 20.7. The van der Waals surface area contributed by atoms with Crippen LogP contribution in [0.4, 0.5) is 27.6 Å². The molecule has 2 heterocycles. The number of hydrogen-bond donors (Lipinski definition) is 3. The Labute approximate surface area is 213 Å². The predicted molar refractivity (Wildman–Crippen MR) is 127 cm³/mol. The first-order valence-corrected chi connectivity index (χ1v) is 12.6. The Morgan fingerprint density at radius 1 is 1.13 bits per heavy atom. The van der Waals surface area contributed by atoms with Crippen LogP contribution >= 0.6 is 0 Å². The summed E-state index contributed by atoms with van der Waals surface area (Å²) in [6.45, 7) is 1.70. The van der Waals surface area contributed by atoms with Crippen molar-refractivity contribution in [3.8, 4) is 5.75 Å². The number of aliphatic hydroxyl groups is 1. The summed E-state index contributed by atoms with van der Waals surface area (Å²) >= 11 is 0. The van der Waals surface area contributed by atoms with E-state index in [2.05, 4.69) is 25.0 Å². The number of rotatable bonds is 8. The third kappa shape index (κ3) is 4.88. The number of anilines is 1. The smallest absolute Gasteiger partial charge is 0.420 e. The minimum absolute atomic E-state index is 0.0271. The van der Waals surface area contributed by atoms with Gasteiger partial charge in [0.15, 0.2) is 23.0 Å². The fraction of sp³-hybridized carbons (Fsp3) is 0.250. The molecule has 3 N–H and O–H groups in total. The zero-order valence-electron chi connectivity index (χ0n) is 19.8. The van der Waals surface area contributed by atoms with Crippen molar-refractivity contribution in [1.82, 2.24) is 15.0 Å². The number of imidazole rings is 1. The minimum atomic E-state index is -5.64. The molecule has 0 aliphatic heterocycles. The highest BCUT2D eigenvalue weighted by Crippen LogP contribution is 2.46. The normalized spacial score (nSPS) is 14.7. The van der Waals surface area contributed by atoms with Crippen molar-refractivity contribution in [2.45, 2.75) is 29.9 Å². The van der Waals surface area contributed by atoms with Crippen LogP contribution in [-0.4, -0.2) is 53.1 Å². The summed E-state index contributed by atoms with van der Waals surface area (Å²) in [5, 5.41) is 13.1. The topological polar surface area (TPSA) is 117 Å². The van der Waals surface area contributed by atoms with E-state index in [0.717, 1.165) is 19.5 Å². The number of aromatic amines is 1. The molecule has 0 amide bonds. The van der Waals surface area contributed by atoms with E-state index in [1.165, 1.54) is 12.1 Å². The van der Waals surface area contributed by atoms with Gasteiger partial charge >= 0.3 is 6.18 Å². The molecule has 2 atom stereocenters. The molecule has 0 aliphatic carbocycles. The molecule has 0 saturated carbocycles. The van der Waals surface area contributed by atoms with Crippen molar-refractivity contribution < 1.29 is 40.2 Å². The fourth-order valence-electron chi connectivity index (χ4n) is 4.06. The van der Waals surface area contributed by atoms with Crippen molar-refractivity contribution >= 4 is 26.4 Å². The Balaban J connectivity index is 1.97. The Bertz CT molecular complexity index is 1580. The molecule has 4 rings (SSSR count). The lowest BCUT2D eigenvalue weighted by Crippen LogP contribution is -2.57. The molecular formula is C24H21F5N4O4S. The summed E-state index contributed by atoms with van der Waals surface area (Å²) in [7, 11) is -4.00. The second-order valence-corrected chi connectivity index (χ2v) is 10.4. The molecule has 0 bridgehead atoms. The standard InChI is InChI=1S/C24H21F5N4O4S/c1-13-6-7-14-17(32-13)4-3-5-18(14)33-21(15-8-9-16(25)20(37-2)19(15)26)23(34,24(27,28)29)12-38(35,36)22-30-10-11-31-22/h3-11,21,33-34H,12H2,1-2H3,(H,30,31). The Morgan fingerprint density at radius 2 is 1.87 bits per heavy atom. The van der Waals surface area contributed by atoms with E-state index in [9.17, 15) is 31.1 Å². The van der Waals surface area contributed by atoms with Gasteiger partial charge in [0.05, 0.1) is 24.4 Å². The lowest BCUT2D eigenvalue weighted by atomic mass is 9.88. The van der Waals surface area contributed by atoms with E-state index in [0.29, 0.717) is 28.7 Å². The average molecular weight is 557 g/mol. The van der Waals surface area contributed by atoms with Crippen LogP contribution in [0, 0.1) is 18.6 Å². The van der Waals surface area contributed by atoms with Gasteiger partial charge in [-0.05, 0) is 37.3 Å². The van der Waals surface area contributed by atoms with Crippen LogP contribution in [0.5, 0.6) is 5.75 Å². The summed E-state index contributed by atoms with van der Waals surface area (Å²) in [5.41, 5.74) is -4.10. The van der Waals surface area contributed by atoms with Gasteiger partial charge in [-0.1, -0.05) is 12.1 Å². The number of aromatic nitrogens is 3. The Hall–Kier alpha value is -3.78. The average Bonchev–Trinajstić information content (AvgIpc) is 3.38. The molecule has 2 aromatic carbocycles. The summed E-state index contributed by atoms with van der Waals surface area (Å²) in [4.78, 5) is 9.98. The van der Waals surface area contributed by atoms with Gasteiger partial charge in [-0.25, -0.2) is 22.2 Å². The van der Waals surface area contributed by atoms with E-state index in [1.807, 2.05) is 0 Å². The number of halogens is 5. The molecule has 0 spiro atoms. The Kier molecular flexibility index (Phi) is 7.05. The van der Waals surface area contributed by atoms with Crippen LogP contribution in [0.2, 0.25) is 0 Å². The lowest BCUT2D eigenvalue weighted by Gasteiger charge is -2.38. The molecule has 0 aliphatic rings. The first kappa shape index (κ1) is 27.3. The van der Waals surface area contributed by atoms with E-state index in [-0.39, 0.29) is 5.69 Å². The highest BCUT2D eigenvalue weighted by atomic mass is 32.2. The monoisotopic (exact) mass is 556 g/mol. The van der Waals surface area contributed by atoms with Crippen molar-refractivity contribution in [1.29, 1.82) is 0 Å². The van der Waals surface area contributed by atoms with Crippen molar-refractivity contribution in [3.63, 3.8) is 0 Å². The molecule has 2 unspecified atom stereocenters. The lowest BCUT2D eigenvalue weighted by molar-refractivity contribution is -0.257. The largest absolute Gasteiger partial charge is 0.491 e. The predicted octanol–water partition coefficient (Wildman–Crippen LogP) is 4.47. The number of fused-ring (bicyclic) bond motifs is 1. The van der Waals surface area contributed by atoms with Crippen LogP contribution in [0.15, 0.2) is 60.0 Å². The molecule has 14 heteroatoms. The van der Waals surface area contributed by atoms with Gasteiger partial charge in [0.2, 0.25) is 15.0 Å². The maximum absolute atomic E-state index is 15.4. The van der Waals surface area contributed by atoms with Crippen LogP contribution in [0.3, 0.4) is 0 Å². The summed E-state index contributed by atoms with van der Waals surface area (Å²) in [6.07, 6.45) is -3.56. The van der Waals surface area contributed by atoms with Crippen molar-refractivity contribution in [2.24, 2.45) is 0 Å². The van der Waals surface area contributed by atoms with Gasteiger partial charge in [0.1, 0.15) is 0 Å². The van der Waals surface area contributed by atoms with Gasteiger partial charge in [-0.15, -0.1) is 0 Å². The summed E-state index contributed by atoms with van der Waals surface area (Å²) in [6, 6.07) is 6.35. The van der Waals surface area contributed by atoms with Gasteiger partial charge in [-0.2, -0.15) is 13.2 Å². The number of sulfone groups is 1. The van der Waals surface area contributed by atoms with Gasteiger partial charge < -0.3 is 20.1 Å². The van der Waals surface area contributed by atoms with Crippen LogP contribution < -0.4 is 10.1 Å². The van der Waals surface area contributed by atoms with Gasteiger partial charge in [0, 0.05) is 34.7 Å². The van der Waals surface area contributed by atoms with Gasteiger partial charge in [0.25, 0.3) is 0 Å². The molecule has 8 nitrogen and oxygen atoms in total. The molecule has 0 fully saturated rings. The number of aryl methyl sites for hydroxylation is 1. The zero-order chi connectivity index (χ0) is 27.9. The molecule has 2 aromatic heterocycles. The van der Waals surface area contributed by atoms with E-state index >= 15 is 4.39 Å². The summed E-state index contributed by atoms with van der Waals surface area (Å²) < 4.78 is 104.